The molecule has 1 unspecified atom stereocenters. The lowest BCUT2D eigenvalue weighted by Crippen LogP contribution is -2.50. The number of carbonyl (C=O) groups excluding carboxylic acids is 2. The van der Waals surface area contributed by atoms with Crippen molar-refractivity contribution in [3.05, 3.63) is 0 Å². The number of amides is 1. The molecule has 0 radical (unpaired) electrons. The number of esters is 1. The molecule has 0 saturated carbocycles. The van der Waals surface area contributed by atoms with Crippen LogP contribution in [0.1, 0.15) is 32.6 Å². The zero-order valence-corrected chi connectivity index (χ0v) is 11.1. The Kier molecular flexibility index (Phi) is 5.29. The van der Waals surface area contributed by atoms with E-state index in [9.17, 15) is 14.4 Å². The van der Waals surface area contributed by atoms with E-state index >= 15 is 0 Å². The Morgan fingerprint density at radius 2 is 2.16 bits per heavy atom. The average Bonchev–Trinajstić information content (AvgIpc) is 2.81. The zero-order chi connectivity index (χ0) is 14.5. The third-order valence-electron chi connectivity index (χ3n) is 3.17. The van der Waals surface area contributed by atoms with Crippen molar-refractivity contribution in [1.82, 2.24) is 5.32 Å². The van der Waals surface area contributed by atoms with Gasteiger partial charge in [-0.2, -0.15) is 0 Å². The van der Waals surface area contributed by atoms with Crippen LogP contribution < -0.4 is 5.32 Å². The highest BCUT2D eigenvalue weighted by Crippen LogP contribution is 2.25. The molecule has 0 aromatic heterocycles. The van der Waals surface area contributed by atoms with E-state index in [1.54, 1.807) is 6.92 Å². The molecule has 1 amide bonds. The highest BCUT2D eigenvalue weighted by atomic mass is 16.5. The van der Waals surface area contributed by atoms with Gasteiger partial charge in [-0.1, -0.05) is 0 Å². The summed E-state index contributed by atoms with van der Waals surface area (Å²) in [7, 11) is 1.23. The van der Waals surface area contributed by atoms with Crippen molar-refractivity contribution in [1.29, 1.82) is 0 Å². The van der Waals surface area contributed by atoms with E-state index in [0.29, 0.717) is 13.0 Å². The second-order valence-corrected chi connectivity index (χ2v) is 4.66. The van der Waals surface area contributed by atoms with Gasteiger partial charge in [-0.15, -0.1) is 0 Å². The number of nitrogens with one attached hydrogen (secondary N) is 1. The van der Waals surface area contributed by atoms with Gasteiger partial charge in [-0.25, -0.2) is 4.79 Å². The highest BCUT2D eigenvalue weighted by Gasteiger charge is 2.39. The third-order valence-corrected chi connectivity index (χ3v) is 3.17. The maximum Gasteiger partial charge on any atom is 0.326 e. The lowest BCUT2D eigenvalue weighted by molar-refractivity contribution is -0.148. The second kappa shape index (κ2) is 6.51. The van der Waals surface area contributed by atoms with E-state index in [-0.39, 0.29) is 12.8 Å². The summed E-state index contributed by atoms with van der Waals surface area (Å²) in [6.07, 6.45) is 1.25. The third kappa shape index (κ3) is 4.20. The van der Waals surface area contributed by atoms with Gasteiger partial charge in [0, 0.05) is 13.0 Å². The first kappa shape index (κ1) is 15.4. The largest absolute Gasteiger partial charge is 0.480 e. The van der Waals surface area contributed by atoms with Gasteiger partial charge in [0.1, 0.15) is 11.6 Å². The quantitative estimate of drug-likeness (QED) is 0.664. The van der Waals surface area contributed by atoms with Gasteiger partial charge in [-0.3, -0.25) is 9.59 Å². The Hall–Kier alpha value is -1.63. The summed E-state index contributed by atoms with van der Waals surface area (Å²) in [4.78, 5) is 34.0. The van der Waals surface area contributed by atoms with Gasteiger partial charge in [0.25, 0.3) is 5.91 Å². The summed E-state index contributed by atoms with van der Waals surface area (Å²) in [6, 6.07) is -1.12. The number of carboxylic acids is 1. The minimum absolute atomic E-state index is 0.0101. The molecule has 2 N–H and O–H groups in total. The fraction of sp³-hybridized carbons (Fsp3) is 0.750. The number of carbonyl (C=O) groups is 3. The van der Waals surface area contributed by atoms with Crippen LogP contribution in [0.15, 0.2) is 0 Å². The minimum atomic E-state index is -1.18. The number of methoxy groups -OCH3 is 1. The fourth-order valence-corrected chi connectivity index (χ4v) is 1.89. The number of hydrogen-bond donors (Lipinski definition) is 2. The molecule has 0 bridgehead atoms. The number of rotatable bonds is 6. The molecule has 0 aliphatic carbocycles. The van der Waals surface area contributed by atoms with Crippen LogP contribution in [0.25, 0.3) is 0 Å². The number of hydrogen-bond acceptors (Lipinski definition) is 5. The molecule has 1 heterocycles. The Balaban J connectivity index is 2.55. The van der Waals surface area contributed by atoms with Gasteiger partial charge >= 0.3 is 11.9 Å². The molecule has 0 aromatic carbocycles. The van der Waals surface area contributed by atoms with Crippen molar-refractivity contribution >= 4 is 17.8 Å². The molecule has 1 aliphatic heterocycles. The van der Waals surface area contributed by atoms with E-state index in [0.717, 1.165) is 6.42 Å². The highest BCUT2D eigenvalue weighted by molar-refractivity contribution is 5.89. The number of aliphatic carboxylic acids is 1. The van der Waals surface area contributed by atoms with Crippen molar-refractivity contribution in [3.63, 3.8) is 0 Å². The molecule has 1 fully saturated rings. The van der Waals surface area contributed by atoms with Gasteiger partial charge < -0.3 is 19.9 Å². The molecular formula is C12H19NO6. The summed E-state index contributed by atoms with van der Waals surface area (Å²) in [5, 5.41) is 11.4. The van der Waals surface area contributed by atoms with E-state index in [1.807, 2.05) is 0 Å². The number of carboxylic acid groups (broad SMARTS) is 1. The van der Waals surface area contributed by atoms with Crippen molar-refractivity contribution in [2.45, 2.75) is 44.2 Å². The van der Waals surface area contributed by atoms with Gasteiger partial charge in [0.15, 0.2) is 0 Å². The first-order valence-corrected chi connectivity index (χ1v) is 6.13. The van der Waals surface area contributed by atoms with Crippen LogP contribution in [0, 0.1) is 0 Å². The SMILES string of the molecule is COC(=O)CC[C@@H](NC(=O)C1(C)CCCO1)C(=O)O. The molecule has 7 heteroatoms. The summed E-state index contributed by atoms with van der Waals surface area (Å²) in [5.74, 6) is -2.15. The van der Waals surface area contributed by atoms with Gasteiger partial charge in [-0.05, 0) is 26.2 Å². The van der Waals surface area contributed by atoms with Gasteiger partial charge in [0.2, 0.25) is 0 Å². The van der Waals surface area contributed by atoms with Crippen LogP contribution in [0.3, 0.4) is 0 Å². The molecule has 0 aromatic rings. The monoisotopic (exact) mass is 273 g/mol. The molecule has 108 valence electrons. The molecule has 1 rings (SSSR count). The van der Waals surface area contributed by atoms with E-state index in [1.165, 1.54) is 7.11 Å². The van der Waals surface area contributed by atoms with Crippen LogP contribution in [0.5, 0.6) is 0 Å². The van der Waals surface area contributed by atoms with Crippen LogP contribution >= 0.6 is 0 Å². The van der Waals surface area contributed by atoms with Crippen molar-refractivity contribution in [2.24, 2.45) is 0 Å². The first-order valence-electron chi connectivity index (χ1n) is 6.13. The van der Waals surface area contributed by atoms with Crippen LogP contribution in [0.4, 0.5) is 0 Å². The minimum Gasteiger partial charge on any atom is -0.480 e. The Bertz CT molecular complexity index is 361. The molecule has 7 nitrogen and oxygen atoms in total. The lowest BCUT2D eigenvalue weighted by atomic mass is 10.0. The Morgan fingerprint density at radius 1 is 1.47 bits per heavy atom. The smallest absolute Gasteiger partial charge is 0.326 e. The molecule has 2 atom stereocenters. The summed E-state index contributed by atoms with van der Waals surface area (Å²) in [6.45, 7) is 2.12. The molecule has 1 saturated heterocycles. The normalized spacial score (nSPS) is 23.7. The fourth-order valence-electron chi connectivity index (χ4n) is 1.89. The van der Waals surface area contributed by atoms with Gasteiger partial charge in [0.05, 0.1) is 7.11 Å². The maximum absolute atomic E-state index is 12.0. The van der Waals surface area contributed by atoms with Crippen LogP contribution in [0.2, 0.25) is 0 Å². The van der Waals surface area contributed by atoms with Crippen molar-refractivity contribution < 1.29 is 29.0 Å². The summed E-state index contributed by atoms with van der Waals surface area (Å²) >= 11 is 0. The lowest BCUT2D eigenvalue weighted by Gasteiger charge is -2.24. The van der Waals surface area contributed by atoms with E-state index < -0.39 is 29.5 Å². The second-order valence-electron chi connectivity index (χ2n) is 4.66. The average molecular weight is 273 g/mol. The Morgan fingerprint density at radius 3 is 2.63 bits per heavy atom. The molecule has 19 heavy (non-hydrogen) atoms. The van der Waals surface area contributed by atoms with E-state index in [4.69, 9.17) is 9.84 Å². The Labute approximate surface area is 111 Å². The standard InChI is InChI=1S/C12H19NO6/c1-12(6-3-7-19-12)11(17)13-8(10(15)16)4-5-9(14)18-2/h8H,3-7H2,1-2H3,(H,13,17)(H,15,16)/t8-,12?/m1/s1. The molecular weight excluding hydrogens is 254 g/mol. The van der Waals surface area contributed by atoms with Crippen molar-refractivity contribution in [3.8, 4) is 0 Å². The van der Waals surface area contributed by atoms with Crippen LogP contribution in [-0.2, 0) is 23.9 Å². The predicted octanol–water partition coefficient (Wildman–Crippen LogP) is 0.0781. The van der Waals surface area contributed by atoms with E-state index in [2.05, 4.69) is 10.1 Å². The summed E-state index contributed by atoms with van der Waals surface area (Å²) < 4.78 is 9.77. The summed E-state index contributed by atoms with van der Waals surface area (Å²) in [5.41, 5.74) is -0.973. The molecule has 1 aliphatic rings. The topological polar surface area (TPSA) is 102 Å². The van der Waals surface area contributed by atoms with Crippen molar-refractivity contribution in [2.75, 3.05) is 13.7 Å². The predicted molar refractivity (Wildman–Crippen MR) is 64.4 cm³/mol. The maximum atomic E-state index is 12.0. The zero-order valence-electron chi connectivity index (χ0n) is 11.1. The first-order chi connectivity index (χ1) is 8.89. The molecule has 0 spiro atoms. The number of ether oxygens (including phenoxy) is 2. The van der Waals surface area contributed by atoms with Crippen LogP contribution in [-0.4, -0.2) is 48.3 Å².